The number of hydrogen-bond donors (Lipinski definition) is 0. The van der Waals surface area contributed by atoms with Crippen LogP contribution in [0.25, 0.3) is 0 Å². The monoisotopic (exact) mass is 284 g/mol. The van der Waals surface area contributed by atoms with E-state index >= 15 is 0 Å². The fraction of sp³-hybridized carbons (Fsp3) is 0.294. The van der Waals surface area contributed by atoms with Crippen LogP contribution in [0.2, 0.25) is 0 Å². The summed E-state index contributed by atoms with van der Waals surface area (Å²) in [5, 5.41) is 9.38. The Morgan fingerprint density at radius 1 is 1.43 bits per heavy atom. The topological polar surface area (TPSA) is 54.6 Å². The van der Waals surface area contributed by atoms with Crippen molar-refractivity contribution in [3.63, 3.8) is 0 Å². The van der Waals surface area contributed by atoms with Crippen molar-refractivity contribution in [2.45, 2.75) is 13.3 Å². The Bertz CT molecular complexity index is 583. The standard InChI is InChI=1S/C17H20N2O2/c1-13(7-6-10-19-2)15(12-18)11-14-8-5-9-16(20-3)17(14)21-4/h5-10,15H,2,11H2,1,3-4H3. The Morgan fingerprint density at radius 3 is 2.76 bits per heavy atom. The van der Waals surface area contributed by atoms with Crippen LogP contribution < -0.4 is 9.47 Å². The number of benzene rings is 1. The number of allylic oxidation sites excluding steroid dienone is 3. The lowest BCUT2D eigenvalue weighted by Gasteiger charge is -2.15. The Morgan fingerprint density at radius 2 is 2.19 bits per heavy atom. The van der Waals surface area contributed by atoms with E-state index < -0.39 is 0 Å². The van der Waals surface area contributed by atoms with E-state index in [1.165, 1.54) is 0 Å². The van der Waals surface area contributed by atoms with Gasteiger partial charge < -0.3 is 9.47 Å². The van der Waals surface area contributed by atoms with Gasteiger partial charge in [0.2, 0.25) is 0 Å². The first kappa shape index (κ1) is 16.5. The first-order valence-corrected chi connectivity index (χ1v) is 6.56. The number of rotatable bonds is 7. The van der Waals surface area contributed by atoms with E-state index in [-0.39, 0.29) is 5.92 Å². The molecule has 0 bridgehead atoms. The molecule has 1 aromatic carbocycles. The van der Waals surface area contributed by atoms with Crippen molar-refractivity contribution < 1.29 is 9.47 Å². The quantitative estimate of drug-likeness (QED) is 0.568. The first-order chi connectivity index (χ1) is 10.2. The van der Waals surface area contributed by atoms with Crippen LogP contribution in [-0.4, -0.2) is 20.9 Å². The lowest BCUT2D eigenvalue weighted by Crippen LogP contribution is -2.05. The zero-order chi connectivity index (χ0) is 15.7. The Kier molecular flexibility index (Phi) is 6.76. The van der Waals surface area contributed by atoms with Gasteiger partial charge >= 0.3 is 0 Å². The van der Waals surface area contributed by atoms with Gasteiger partial charge in [-0.2, -0.15) is 5.26 Å². The number of nitrogens with zero attached hydrogens (tertiary/aromatic N) is 2. The fourth-order valence-corrected chi connectivity index (χ4v) is 2.01. The lowest BCUT2D eigenvalue weighted by atomic mass is 9.93. The van der Waals surface area contributed by atoms with Crippen LogP contribution in [0.5, 0.6) is 11.5 Å². The molecule has 0 fully saturated rings. The van der Waals surface area contributed by atoms with Crippen LogP contribution in [0.4, 0.5) is 0 Å². The minimum absolute atomic E-state index is 0.236. The van der Waals surface area contributed by atoms with Gasteiger partial charge in [0.1, 0.15) is 0 Å². The molecular formula is C17H20N2O2. The zero-order valence-corrected chi connectivity index (χ0v) is 12.7. The minimum Gasteiger partial charge on any atom is -0.493 e. The van der Waals surface area contributed by atoms with Gasteiger partial charge in [-0.15, -0.1) is 0 Å². The van der Waals surface area contributed by atoms with Crippen LogP contribution in [0.1, 0.15) is 12.5 Å². The minimum atomic E-state index is -0.236. The molecule has 0 aliphatic rings. The van der Waals surface area contributed by atoms with Gasteiger partial charge in [-0.3, -0.25) is 4.99 Å². The number of para-hydroxylation sites is 1. The summed E-state index contributed by atoms with van der Waals surface area (Å²) in [4.78, 5) is 3.63. The van der Waals surface area contributed by atoms with Gasteiger partial charge in [-0.1, -0.05) is 23.8 Å². The second-order valence-electron chi connectivity index (χ2n) is 4.47. The second kappa shape index (κ2) is 8.60. The molecule has 4 heteroatoms. The summed E-state index contributed by atoms with van der Waals surface area (Å²) in [7, 11) is 3.20. The van der Waals surface area contributed by atoms with E-state index in [2.05, 4.69) is 17.8 Å². The highest BCUT2D eigenvalue weighted by Gasteiger charge is 2.16. The van der Waals surface area contributed by atoms with Crippen molar-refractivity contribution in [2.24, 2.45) is 10.9 Å². The van der Waals surface area contributed by atoms with E-state index in [0.29, 0.717) is 17.9 Å². The predicted octanol–water partition coefficient (Wildman–Crippen LogP) is 3.55. The highest BCUT2D eigenvalue weighted by Crippen LogP contribution is 2.33. The summed E-state index contributed by atoms with van der Waals surface area (Å²) in [6.45, 7) is 5.30. The van der Waals surface area contributed by atoms with E-state index in [9.17, 15) is 5.26 Å². The van der Waals surface area contributed by atoms with Crippen LogP contribution in [-0.2, 0) is 6.42 Å². The third-order valence-corrected chi connectivity index (χ3v) is 3.16. The molecule has 1 unspecified atom stereocenters. The number of ether oxygens (including phenoxy) is 2. The van der Waals surface area contributed by atoms with Crippen LogP contribution in [0.3, 0.4) is 0 Å². The zero-order valence-electron chi connectivity index (χ0n) is 12.7. The van der Waals surface area contributed by atoms with Crippen LogP contribution in [0.15, 0.2) is 47.1 Å². The molecule has 1 aromatic rings. The lowest BCUT2D eigenvalue weighted by molar-refractivity contribution is 0.351. The van der Waals surface area contributed by atoms with Crippen molar-refractivity contribution in [3.8, 4) is 17.6 Å². The highest BCUT2D eigenvalue weighted by molar-refractivity contribution is 5.47. The number of methoxy groups -OCH3 is 2. The van der Waals surface area contributed by atoms with Gasteiger partial charge in [0.05, 0.1) is 26.2 Å². The van der Waals surface area contributed by atoms with Crippen molar-refractivity contribution >= 4 is 6.72 Å². The van der Waals surface area contributed by atoms with Crippen molar-refractivity contribution in [1.82, 2.24) is 0 Å². The molecule has 1 atom stereocenters. The van der Waals surface area contributed by atoms with E-state index in [1.807, 2.05) is 31.2 Å². The molecule has 0 radical (unpaired) electrons. The molecule has 0 amide bonds. The van der Waals surface area contributed by atoms with Crippen molar-refractivity contribution in [3.05, 3.63) is 47.7 Å². The molecule has 4 nitrogen and oxygen atoms in total. The molecule has 0 N–H and O–H groups in total. The summed E-state index contributed by atoms with van der Waals surface area (Å²) in [5.74, 6) is 1.11. The van der Waals surface area contributed by atoms with Gasteiger partial charge in [-0.05, 0) is 37.8 Å². The normalized spacial score (nSPS) is 12.8. The average molecular weight is 284 g/mol. The molecule has 0 aliphatic heterocycles. The third kappa shape index (κ3) is 4.50. The molecule has 0 saturated heterocycles. The van der Waals surface area contributed by atoms with E-state index in [0.717, 1.165) is 11.1 Å². The van der Waals surface area contributed by atoms with Crippen LogP contribution >= 0.6 is 0 Å². The molecule has 0 aromatic heterocycles. The molecule has 0 saturated carbocycles. The van der Waals surface area contributed by atoms with Crippen molar-refractivity contribution in [2.75, 3.05) is 14.2 Å². The van der Waals surface area contributed by atoms with E-state index in [1.54, 1.807) is 26.5 Å². The number of nitriles is 1. The maximum Gasteiger partial charge on any atom is 0.163 e. The van der Waals surface area contributed by atoms with Crippen molar-refractivity contribution in [1.29, 1.82) is 5.26 Å². The third-order valence-electron chi connectivity index (χ3n) is 3.16. The molecule has 1 rings (SSSR count). The molecular weight excluding hydrogens is 264 g/mol. The van der Waals surface area contributed by atoms with Gasteiger partial charge in [-0.25, -0.2) is 0 Å². The Balaban J connectivity index is 3.02. The molecule has 21 heavy (non-hydrogen) atoms. The first-order valence-electron chi connectivity index (χ1n) is 6.56. The summed E-state index contributed by atoms with van der Waals surface area (Å²) >= 11 is 0. The maximum absolute atomic E-state index is 9.38. The molecule has 110 valence electrons. The largest absolute Gasteiger partial charge is 0.493 e. The maximum atomic E-state index is 9.38. The predicted molar refractivity (Wildman–Crippen MR) is 84.8 cm³/mol. The highest BCUT2D eigenvalue weighted by atomic mass is 16.5. The summed E-state index contributed by atoms with van der Waals surface area (Å²) < 4.78 is 10.7. The molecule has 0 heterocycles. The van der Waals surface area contributed by atoms with Gasteiger partial charge in [0, 0.05) is 6.20 Å². The van der Waals surface area contributed by atoms with Gasteiger partial charge in [0.15, 0.2) is 11.5 Å². The average Bonchev–Trinajstić information content (AvgIpc) is 2.52. The molecule has 0 aliphatic carbocycles. The summed E-state index contributed by atoms with van der Waals surface area (Å²) in [5.41, 5.74) is 1.91. The smallest absolute Gasteiger partial charge is 0.163 e. The number of aliphatic imine (C=N–C) groups is 1. The molecule has 0 spiro atoms. The van der Waals surface area contributed by atoms with E-state index in [4.69, 9.17) is 9.47 Å². The van der Waals surface area contributed by atoms with Crippen LogP contribution in [0, 0.1) is 17.2 Å². The Hall–Kier alpha value is -2.54. The van der Waals surface area contributed by atoms with Gasteiger partial charge in [0.25, 0.3) is 0 Å². The second-order valence-corrected chi connectivity index (χ2v) is 4.47. The number of hydrogen-bond acceptors (Lipinski definition) is 4. The SMILES string of the molecule is C=NC=CC=C(C)C(C#N)Cc1cccc(OC)c1OC. The fourth-order valence-electron chi connectivity index (χ4n) is 2.01. The Labute approximate surface area is 126 Å². The summed E-state index contributed by atoms with van der Waals surface area (Å²) in [6.07, 6.45) is 5.79. The summed E-state index contributed by atoms with van der Waals surface area (Å²) in [6, 6.07) is 8.00.